The first kappa shape index (κ1) is 16.5. The Balaban J connectivity index is 1.66. The van der Waals surface area contributed by atoms with Gasteiger partial charge in [-0.3, -0.25) is 9.47 Å². The molecule has 0 unspecified atom stereocenters. The summed E-state index contributed by atoms with van der Waals surface area (Å²) in [5, 5.41) is 9.99. The molecule has 7 nitrogen and oxygen atoms in total. The highest BCUT2D eigenvalue weighted by molar-refractivity contribution is 5.89. The highest BCUT2D eigenvalue weighted by Gasteiger charge is 2.26. The zero-order valence-corrected chi connectivity index (χ0v) is 14.7. The molecule has 1 aliphatic rings. The number of rotatable bonds is 3. The molecule has 0 amide bonds. The topological polar surface area (TPSA) is 80.5 Å². The molecule has 0 saturated carbocycles. The number of likely N-dealkylation sites (N-methyl/N-ethyl adjacent to an activating group) is 1. The van der Waals surface area contributed by atoms with E-state index in [1.54, 1.807) is 18.2 Å². The summed E-state index contributed by atoms with van der Waals surface area (Å²) in [5.41, 5.74) is 2.68. The minimum absolute atomic E-state index is 0.410. The highest BCUT2D eigenvalue weighted by Crippen LogP contribution is 2.31. The molecule has 2 aromatic heterocycles. The zero-order valence-electron chi connectivity index (χ0n) is 14.7. The van der Waals surface area contributed by atoms with Gasteiger partial charge in [0.25, 0.3) is 0 Å². The monoisotopic (exact) mass is 352 g/mol. The number of carboxylic acid groups (broad SMARTS) is 1. The van der Waals surface area contributed by atoms with Gasteiger partial charge in [-0.15, -0.1) is 0 Å². The summed E-state index contributed by atoms with van der Waals surface area (Å²) in [7, 11) is 0. The molecule has 1 aliphatic heterocycles. The molecule has 3 aromatic rings. The molecule has 0 fully saturated rings. The van der Waals surface area contributed by atoms with E-state index in [1.165, 1.54) is 17.1 Å². The molecule has 0 aliphatic carbocycles. The Kier molecular flexibility index (Phi) is 4.08. The Labute approximate surface area is 150 Å². The molecule has 7 heteroatoms. The van der Waals surface area contributed by atoms with Gasteiger partial charge >= 0.3 is 6.09 Å². The maximum atomic E-state index is 11.2. The molecular formula is C19H20N4O3. The number of benzene rings is 1. The van der Waals surface area contributed by atoms with E-state index in [9.17, 15) is 9.90 Å². The van der Waals surface area contributed by atoms with Crippen molar-refractivity contribution in [2.24, 2.45) is 0 Å². The van der Waals surface area contributed by atoms with Crippen LogP contribution < -0.4 is 4.74 Å². The SMILES string of the molecule is CCN1Cc2ncnc(Oc3ccc4c(ccn4C(=O)O)c3)c2C[C@@H]1C. The molecule has 0 saturated heterocycles. The first-order valence-corrected chi connectivity index (χ1v) is 8.66. The van der Waals surface area contributed by atoms with E-state index in [-0.39, 0.29) is 0 Å². The third kappa shape index (κ3) is 2.80. The van der Waals surface area contributed by atoms with Gasteiger partial charge in [-0.05, 0) is 44.2 Å². The largest absolute Gasteiger partial charge is 0.464 e. The average molecular weight is 352 g/mol. The van der Waals surface area contributed by atoms with Crippen molar-refractivity contribution in [3.63, 3.8) is 0 Å². The Morgan fingerprint density at radius 2 is 2.19 bits per heavy atom. The van der Waals surface area contributed by atoms with Crippen LogP contribution in [0.4, 0.5) is 4.79 Å². The van der Waals surface area contributed by atoms with E-state index >= 15 is 0 Å². The molecule has 0 radical (unpaired) electrons. The smallest absolute Gasteiger partial charge is 0.415 e. The van der Waals surface area contributed by atoms with Crippen molar-refractivity contribution in [1.82, 2.24) is 19.4 Å². The molecule has 0 bridgehead atoms. The van der Waals surface area contributed by atoms with Gasteiger partial charge in [0, 0.05) is 29.7 Å². The summed E-state index contributed by atoms with van der Waals surface area (Å²) in [4.78, 5) is 22.3. The van der Waals surface area contributed by atoms with Crippen LogP contribution in [0.25, 0.3) is 10.9 Å². The molecule has 1 aromatic carbocycles. The lowest BCUT2D eigenvalue weighted by atomic mass is 10.00. The van der Waals surface area contributed by atoms with E-state index in [4.69, 9.17) is 4.74 Å². The number of hydrogen-bond donors (Lipinski definition) is 1. The summed E-state index contributed by atoms with van der Waals surface area (Å²) in [5.74, 6) is 1.21. The minimum atomic E-state index is -1.01. The predicted octanol–water partition coefficient (Wildman–Crippen LogP) is 3.52. The molecule has 4 rings (SSSR count). The molecule has 1 atom stereocenters. The van der Waals surface area contributed by atoms with Gasteiger partial charge in [0.15, 0.2) is 0 Å². The molecule has 0 spiro atoms. The van der Waals surface area contributed by atoms with Gasteiger partial charge in [0.2, 0.25) is 5.88 Å². The van der Waals surface area contributed by atoms with E-state index in [0.29, 0.717) is 23.2 Å². The van der Waals surface area contributed by atoms with Crippen LogP contribution >= 0.6 is 0 Å². The Bertz CT molecular complexity index is 982. The van der Waals surface area contributed by atoms with Crippen molar-refractivity contribution in [3.05, 3.63) is 48.0 Å². The summed E-state index contributed by atoms with van der Waals surface area (Å²) in [6.07, 6.45) is 2.91. The third-order valence-electron chi connectivity index (χ3n) is 4.96. The second-order valence-corrected chi connectivity index (χ2v) is 6.51. The predicted molar refractivity (Wildman–Crippen MR) is 96.7 cm³/mol. The molecule has 3 heterocycles. The van der Waals surface area contributed by atoms with Crippen LogP contribution in [0.2, 0.25) is 0 Å². The number of ether oxygens (including phenoxy) is 1. The lowest BCUT2D eigenvalue weighted by Crippen LogP contribution is -2.38. The van der Waals surface area contributed by atoms with Crippen LogP contribution in [0.5, 0.6) is 11.6 Å². The van der Waals surface area contributed by atoms with Crippen LogP contribution in [-0.4, -0.2) is 43.2 Å². The minimum Gasteiger partial charge on any atom is -0.464 e. The molecule has 134 valence electrons. The molecule has 26 heavy (non-hydrogen) atoms. The molecular weight excluding hydrogens is 332 g/mol. The van der Waals surface area contributed by atoms with Gasteiger partial charge < -0.3 is 9.84 Å². The van der Waals surface area contributed by atoms with Crippen LogP contribution in [0, 0.1) is 0 Å². The second kappa shape index (κ2) is 6.42. The van der Waals surface area contributed by atoms with E-state index < -0.39 is 6.09 Å². The Morgan fingerprint density at radius 3 is 2.96 bits per heavy atom. The van der Waals surface area contributed by atoms with Crippen LogP contribution in [0.1, 0.15) is 25.1 Å². The summed E-state index contributed by atoms with van der Waals surface area (Å²) in [6, 6.07) is 7.50. The van der Waals surface area contributed by atoms with E-state index in [1.807, 2.05) is 6.07 Å². The lowest BCUT2D eigenvalue weighted by Gasteiger charge is -2.33. The quantitative estimate of drug-likeness (QED) is 0.777. The van der Waals surface area contributed by atoms with Crippen molar-refractivity contribution in [2.45, 2.75) is 32.9 Å². The van der Waals surface area contributed by atoms with Gasteiger partial charge in [-0.1, -0.05) is 6.92 Å². The summed E-state index contributed by atoms with van der Waals surface area (Å²) >= 11 is 0. The number of hydrogen-bond acceptors (Lipinski definition) is 5. The van der Waals surface area contributed by atoms with Crippen LogP contribution in [0.15, 0.2) is 36.8 Å². The van der Waals surface area contributed by atoms with E-state index in [2.05, 4.69) is 28.7 Å². The average Bonchev–Trinajstić information content (AvgIpc) is 3.05. The van der Waals surface area contributed by atoms with Crippen molar-refractivity contribution < 1.29 is 14.6 Å². The first-order valence-electron chi connectivity index (χ1n) is 8.66. The van der Waals surface area contributed by atoms with Gasteiger partial charge in [-0.25, -0.2) is 14.8 Å². The number of nitrogens with zero attached hydrogens (tertiary/aromatic N) is 4. The number of aromatic nitrogens is 3. The lowest BCUT2D eigenvalue weighted by molar-refractivity contribution is 0.189. The second-order valence-electron chi connectivity index (χ2n) is 6.51. The summed E-state index contributed by atoms with van der Waals surface area (Å²) < 4.78 is 7.23. The van der Waals surface area contributed by atoms with E-state index in [0.717, 1.165) is 36.2 Å². The Morgan fingerprint density at radius 1 is 1.35 bits per heavy atom. The fraction of sp³-hybridized carbons (Fsp3) is 0.316. The fourth-order valence-electron chi connectivity index (χ4n) is 3.52. The van der Waals surface area contributed by atoms with Crippen molar-refractivity contribution >= 4 is 17.0 Å². The number of fused-ring (bicyclic) bond motifs is 2. The number of carbonyl (C=O) groups is 1. The highest BCUT2D eigenvalue weighted by atomic mass is 16.5. The van der Waals surface area contributed by atoms with Crippen molar-refractivity contribution in [1.29, 1.82) is 0 Å². The maximum absolute atomic E-state index is 11.2. The standard InChI is InChI=1S/C19H20N4O3/c1-3-22-10-16-15(8-12(22)2)18(21-11-20-16)26-14-4-5-17-13(9-14)6-7-23(17)19(24)25/h4-7,9,11-12H,3,8,10H2,1-2H3,(H,24,25)/t12-/m0/s1. The van der Waals surface area contributed by atoms with Crippen molar-refractivity contribution in [2.75, 3.05) is 6.54 Å². The zero-order chi connectivity index (χ0) is 18.3. The molecule has 1 N–H and O–H groups in total. The normalized spacial score (nSPS) is 17.2. The Hall–Kier alpha value is -2.93. The van der Waals surface area contributed by atoms with Gasteiger partial charge in [0.05, 0.1) is 11.2 Å². The first-order chi connectivity index (χ1) is 12.6. The van der Waals surface area contributed by atoms with Crippen LogP contribution in [0.3, 0.4) is 0 Å². The summed E-state index contributed by atoms with van der Waals surface area (Å²) in [6.45, 7) is 6.13. The third-order valence-corrected chi connectivity index (χ3v) is 4.96. The van der Waals surface area contributed by atoms with Gasteiger partial charge in [-0.2, -0.15) is 0 Å². The van der Waals surface area contributed by atoms with Crippen LogP contribution in [-0.2, 0) is 13.0 Å². The van der Waals surface area contributed by atoms with Crippen molar-refractivity contribution in [3.8, 4) is 11.6 Å². The van der Waals surface area contributed by atoms with Gasteiger partial charge in [0.1, 0.15) is 12.1 Å². The fourth-order valence-corrected chi connectivity index (χ4v) is 3.52. The maximum Gasteiger partial charge on any atom is 0.415 e.